The zero-order chi connectivity index (χ0) is 18.5. The molecular formula is C20H22N2O3S. The fourth-order valence-corrected chi connectivity index (χ4v) is 3.56. The van der Waals surface area contributed by atoms with Crippen LogP contribution in [0.2, 0.25) is 0 Å². The van der Waals surface area contributed by atoms with E-state index in [0.29, 0.717) is 17.6 Å². The smallest absolute Gasteiger partial charge is 0.408 e. The van der Waals surface area contributed by atoms with E-state index >= 15 is 0 Å². The Morgan fingerprint density at radius 1 is 1.19 bits per heavy atom. The molecule has 0 aliphatic heterocycles. The maximum absolute atomic E-state index is 12.4. The summed E-state index contributed by atoms with van der Waals surface area (Å²) in [6.45, 7) is 4.34. The topological polar surface area (TPSA) is 64.2 Å². The summed E-state index contributed by atoms with van der Waals surface area (Å²) in [6.07, 6.45) is 0. The monoisotopic (exact) mass is 370 g/mol. The molecule has 136 valence electrons. The largest absolute Gasteiger partial charge is 0.420 e. The lowest BCUT2D eigenvalue weighted by atomic mass is 10.2. The second-order valence-electron chi connectivity index (χ2n) is 6.21. The van der Waals surface area contributed by atoms with Gasteiger partial charge in [0.05, 0.1) is 5.52 Å². The number of amides is 1. The maximum Gasteiger partial charge on any atom is 0.420 e. The van der Waals surface area contributed by atoms with Crippen molar-refractivity contribution in [3.63, 3.8) is 0 Å². The van der Waals surface area contributed by atoms with Crippen LogP contribution in [0.1, 0.15) is 24.1 Å². The van der Waals surface area contributed by atoms with Crippen LogP contribution in [0, 0.1) is 6.92 Å². The molecule has 1 aromatic heterocycles. The van der Waals surface area contributed by atoms with Gasteiger partial charge in [0.15, 0.2) is 5.58 Å². The number of nitrogens with one attached hydrogen (secondary N) is 1. The van der Waals surface area contributed by atoms with Crippen LogP contribution in [0.15, 0.2) is 57.7 Å². The van der Waals surface area contributed by atoms with Gasteiger partial charge in [-0.25, -0.2) is 4.79 Å². The van der Waals surface area contributed by atoms with E-state index < -0.39 is 11.8 Å². The second kappa shape index (κ2) is 8.27. The van der Waals surface area contributed by atoms with Crippen LogP contribution in [0.4, 0.5) is 0 Å². The van der Waals surface area contributed by atoms with Crippen molar-refractivity contribution in [2.45, 2.75) is 25.6 Å². The number of oxazole rings is 1. The first-order chi connectivity index (χ1) is 12.6. The first-order valence-corrected chi connectivity index (χ1v) is 9.73. The number of aromatic nitrogens is 1. The van der Waals surface area contributed by atoms with Crippen molar-refractivity contribution in [2.75, 3.05) is 12.3 Å². The van der Waals surface area contributed by atoms with Crippen LogP contribution < -0.4 is 11.1 Å². The molecule has 5 nitrogen and oxygen atoms in total. The van der Waals surface area contributed by atoms with Crippen LogP contribution in [0.3, 0.4) is 0 Å². The minimum absolute atomic E-state index is 0.186. The van der Waals surface area contributed by atoms with Crippen molar-refractivity contribution < 1.29 is 9.21 Å². The van der Waals surface area contributed by atoms with Crippen LogP contribution in [0.25, 0.3) is 11.1 Å². The number of hydrogen-bond donors (Lipinski definition) is 1. The number of carbonyl (C=O) groups is 1. The number of aryl methyl sites for hydroxylation is 1. The standard InChI is InChI=1S/C20H22N2O3S/c1-14-7-9-16(10-8-14)13-26-12-11-21-19(23)15(2)22-17-5-3-4-6-18(17)25-20(22)24/h3-10,15H,11-13H2,1-2H3,(H,21,23). The van der Waals surface area contributed by atoms with Gasteiger partial charge >= 0.3 is 5.76 Å². The molecule has 2 aromatic carbocycles. The Hall–Kier alpha value is -2.47. The quantitative estimate of drug-likeness (QED) is 0.647. The summed E-state index contributed by atoms with van der Waals surface area (Å²) in [5.41, 5.74) is 3.65. The summed E-state index contributed by atoms with van der Waals surface area (Å²) in [7, 11) is 0. The molecule has 0 aliphatic carbocycles. The third kappa shape index (κ3) is 4.19. The molecule has 0 bridgehead atoms. The van der Waals surface area contributed by atoms with Crippen molar-refractivity contribution >= 4 is 28.8 Å². The average Bonchev–Trinajstić information content (AvgIpc) is 2.97. The lowest BCUT2D eigenvalue weighted by Crippen LogP contribution is -2.35. The highest BCUT2D eigenvalue weighted by Crippen LogP contribution is 2.17. The van der Waals surface area contributed by atoms with Crippen molar-refractivity contribution in [1.82, 2.24) is 9.88 Å². The normalized spacial score (nSPS) is 12.2. The zero-order valence-corrected chi connectivity index (χ0v) is 15.7. The molecule has 0 saturated heterocycles. The molecule has 0 fully saturated rings. The van der Waals surface area contributed by atoms with Crippen LogP contribution in [0.5, 0.6) is 0 Å². The fourth-order valence-electron chi connectivity index (χ4n) is 2.74. The summed E-state index contributed by atoms with van der Waals surface area (Å²) in [6, 6.07) is 15.0. The Balaban J connectivity index is 1.50. The minimum atomic E-state index is -0.617. The predicted octanol–water partition coefficient (Wildman–Crippen LogP) is 3.51. The molecule has 26 heavy (non-hydrogen) atoms. The van der Waals surface area contributed by atoms with E-state index in [1.54, 1.807) is 36.9 Å². The Morgan fingerprint density at radius 2 is 1.92 bits per heavy atom. The average molecular weight is 370 g/mol. The number of hydrogen-bond acceptors (Lipinski definition) is 4. The van der Waals surface area contributed by atoms with Gasteiger partial charge in [-0.1, -0.05) is 42.0 Å². The third-order valence-corrected chi connectivity index (χ3v) is 5.25. The van der Waals surface area contributed by atoms with Gasteiger partial charge in [-0.15, -0.1) is 0 Å². The van der Waals surface area contributed by atoms with Crippen molar-refractivity contribution in [1.29, 1.82) is 0 Å². The Labute approximate surface area is 156 Å². The van der Waals surface area contributed by atoms with Crippen molar-refractivity contribution in [3.8, 4) is 0 Å². The summed E-state index contributed by atoms with van der Waals surface area (Å²) < 4.78 is 6.59. The van der Waals surface area contributed by atoms with Gasteiger partial charge in [0.1, 0.15) is 6.04 Å². The van der Waals surface area contributed by atoms with Gasteiger partial charge in [-0.3, -0.25) is 9.36 Å². The Kier molecular flexibility index (Phi) is 5.83. The van der Waals surface area contributed by atoms with Gasteiger partial charge in [0.2, 0.25) is 5.91 Å². The van der Waals surface area contributed by atoms with E-state index in [4.69, 9.17) is 4.42 Å². The zero-order valence-electron chi connectivity index (χ0n) is 14.9. The number of thioether (sulfide) groups is 1. The van der Waals surface area contributed by atoms with E-state index in [2.05, 4.69) is 36.5 Å². The minimum Gasteiger partial charge on any atom is -0.408 e. The molecule has 1 N–H and O–H groups in total. The Morgan fingerprint density at radius 3 is 2.69 bits per heavy atom. The highest BCUT2D eigenvalue weighted by molar-refractivity contribution is 7.98. The van der Waals surface area contributed by atoms with E-state index in [-0.39, 0.29) is 5.91 Å². The molecule has 0 radical (unpaired) electrons. The van der Waals surface area contributed by atoms with E-state index in [9.17, 15) is 9.59 Å². The summed E-state index contributed by atoms with van der Waals surface area (Å²) in [5, 5.41) is 2.90. The van der Waals surface area contributed by atoms with Crippen LogP contribution in [-0.2, 0) is 10.5 Å². The molecule has 3 aromatic rings. The lowest BCUT2D eigenvalue weighted by molar-refractivity contribution is -0.123. The number of para-hydroxylation sites is 2. The molecule has 0 aliphatic rings. The molecule has 0 saturated carbocycles. The van der Waals surface area contributed by atoms with E-state index in [1.807, 2.05) is 6.07 Å². The molecule has 1 amide bonds. The van der Waals surface area contributed by atoms with Crippen LogP contribution >= 0.6 is 11.8 Å². The Bertz CT molecular complexity index is 944. The number of carbonyl (C=O) groups excluding carboxylic acids is 1. The van der Waals surface area contributed by atoms with E-state index in [0.717, 1.165) is 11.5 Å². The SMILES string of the molecule is Cc1ccc(CSCCNC(=O)C(C)n2c(=O)oc3ccccc32)cc1. The highest BCUT2D eigenvalue weighted by Gasteiger charge is 2.20. The lowest BCUT2D eigenvalue weighted by Gasteiger charge is -2.13. The van der Waals surface area contributed by atoms with Crippen molar-refractivity contribution in [2.24, 2.45) is 0 Å². The van der Waals surface area contributed by atoms with Gasteiger partial charge in [0, 0.05) is 18.1 Å². The third-order valence-electron chi connectivity index (χ3n) is 4.22. The number of rotatable bonds is 7. The first kappa shape index (κ1) is 18.3. The molecule has 3 rings (SSSR count). The van der Waals surface area contributed by atoms with Crippen molar-refractivity contribution in [3.05, 3.63) is 70.2 Å². The maximum atomic E-state index is 12.4. The highest BCUT2D eigenvalue weighted by atomic mass is 32.2. The molecule has 1 atom stereocenters. The van der Waals surface area contributed by atoms with E-state index in [1.165, 1.54) is 15.7 Å². The van der Waals surface area contributed by atoms with Gasteiger partial charge in [0.25, 0.3) is 0 Å². The summed E-state index contributed by atoms with van der Waals surface area (Å²) in [5.74, 6) is 1.03. The second-order valence-corrected chi connectivity index (χ2v) is 7.32. The summed E-state index contributed by atoms with van der Waals surface area (Å²) in [4.78, 5) is 24.4. The van der Waals surface area contributed by atoms with Gasteiger partial charge in [-0.05, 0) is 31.5 Å². The number of nitrogens with zero attached hydrogens (tertiary/aromatic N) is 1. The summed E-state index contributed by atoms with van der Waals surface area (Å²) >= 11 is 1.77. The van der Waals surface area contributed by atoms with Crippen LogP contribution in [-0.4, -0.2) is 22.8 Å². The number of benzene rings is 2. The molecule has 1 heterocycles. The molecule has 1 unspecified atom stereocenters. The van der Waals surface area contributed by atoms with Gasteiger partial charge < -0.3 is 9.73 Å². The molecule has 0 spiro atoms. The van der Waals surface area contributed by atoms with Gasteiger partial charge in [-0.2, -0.15) is 11.8 Å². The first-order valence-electron chi connectivity index (χ1n) is 8.57. The fraction of sp³-hybridized carbons (Fsp3) is 0.300. The molecular weight excluding hydrogens is 348 g/mol. The predicted molar refractivity (Wildman–Crippen MR) is 106 cm³/mol. The number of fused-ring (bicyclic) bond motifs is 1. The molecule has 6 heteroatoms.